The van der Waals surface area contributed by atoms with Crippen molar-refractivity contribution in [3.05, 3.63) is 22.5 Å². The fourth-order valence-electron chi connectivity index (χ4n) is 1.60. The average Bonchev–Trinajstić information content (AvgIpc) is 2.73. The van der Waals surface area contributed by atoms with Gasteiger partial charge >= 0.3 is 5.97 Å². The van der Waals surface area contributed by atoms with Gasteiger partial charge in [-0.05, 0) is 18.1 Å². The molecule has 1 aromatic carbocycles. The third-order valence-corrected chi connectivity index (χ3v) is 2.91. The summed E-state index contributed by atoms with van der Waals surface area (Å²) in [6.45, 7) is 1.49. The Morgan fingerprint density at radius 3 is 3.00 bits per heavy atom. The first kappa shape index (κ1) is 12.0. The number of ether oxygens (including phenoxy) is 2. The molecule has 92 valence electrons. The predicted octanol–water partition coefficient (Wildman–Crippen LogP) is 2.47. The molecule has 1 aromatic rings. The molecule has 1 N–H and O–H groups in total. The van der Waals surface area contributed by atoms with E-state index in [1.54, 1.807) is 0 Å². The van der Waals surface area contributed by atoms with Gasteiger partial charge in [-0.3, -0.25) is 4.79 Å². The number of carboxylic acids is 1. The van der Waals surface area contributed by atoms with Crippen LogP contribution >= 0.6 is 11.6 Å². The Labute approximate surface area is 102 Å². The van der Waals surface area contributed by atoms with Crippen molar-refractivity contribution >= 4 is 17.6 Å². The Morgan fingerprint density at radius 2 is 2.35 bits per heavy atom. The minimum Gasteiger partial charge on any atom is -0.481 e. The van der Waals surface area contributed by atoms with Gasteiger partial charge in [0.15, 0.2) is 11.5 Å². The molecule has 1 atom stereocenters. The van der Waals surface area contributed by atoms with E-state index in [1.165, 1.54) is 13.0 Å². The molecule has 0 saturated carbocycles. The van der Waals surface area contributed by atoms with Crippen LogP contribution in [0, 0.1) is 11.7 Å². The first-order chi connectivity index (χ1) is 8.00. The summed E-state index contributed by atoms with van der Waals surface area (Å²) >= 11 is 5.78. The zero-order valence-electron chi connectivity index (χ0n) is 9.00. The maximum atomic E-state index is 13.8. The third-order valence-electron chi connectivity index (χ3n) is 2.57. The topological polar surface area (TPSA) is 55.8 Å². The SMILES string of the molecule is CC(Cc1cc2c(c(Cl)c1F)OCO2)C(=O)O. The number of halogens is 2. The Kier molecular flexibility index (Phi) is 3.11. The highest BCUT2D eigenvalue weighted by molar-refractivity contribution is 6.32. The summed E-state index contributed by atoms with van der Waals surface area (Å²) < 4.78 is 23.9. The van der Waals surface area contributed by atoms with E-state index in [0.717, 1.165) is 0 Å². The van der Waals surface area contributed by atoms with Crippen molar-refractivity contribution in [2.45, 2.75) is 13.3 Å². The van der Waals surface area contributed by atoms with Gasteiger partial charge in [0.2, 0.25) is 6.79 Å². The van der Waals surface area contributed by atoms with Crippen molar-refractivity contribution in [2.24, 2.45) is 5.92 Å². The lowest BCUT2D eigenvalue weighted by Gasteiger charge is -2.10. The lowest BCUT2D eigenvalue weighted by atomic mass is 10.0. The molecule has 0 radical (unpaired) electrons. The second-order valence-electron chi connectivity index (χ2n) is 3.84. The first-order valence-electron chi connectivity index (χ1n) is 5.00. The summed E-state index contributed by atoms with van der Waals surface area (Å²) in [6.07, 6.45) is 0.0531. The van der Waals surface area contributed by atoms with E-state index < -0.39 is 17.7 Å². The number of hydrogen-bond donors (Lipinski definition) is 1. The molecule has 0 spiro atoms. The van der Waals surface area contributed by atoms with E-state index in [-0.39, 0.29) is 29.5 Å². The van der Waals surface area contributed by atoms with Gasteiger partial charge in [-0.2, -0.15) is 0 Å². The molecule has 1 aliphatic rings. The maximum absolute atomic E-state index is 13.8. The number of benzene rings is 1. The van der Waals surface area contributed by atoms with Gasteiger partial charge in [0.05, 0.1) is 5.92 Å². The molecule has 0 aliphatic carbocycles. The van der Waals surface area contributed by atoms with E-state index in [2.05, 4.69) is 0 Å². The van der Waals surface area contributed by atoms with Crippen LogP contribution in [0.5, 0.6) is 11.5 Å². The second kappa shape index (κ2) is 4.41. The van der Waals surface area contributed by atoms with E-state index in [4.69, 9.17) is 26.2 Å². The van der Waals surface area contributed by atoms with Crippen molar-refractivity contribution in [2.75, 3.05) is 6.79 Å². The minimum absolute atomic E-state index is 0.00751. The molecule has 1 heterocycles. The summed E-state index contributed by atoms with van der Waals surface area (Å²) in [7, 11) is 0. The van der Waals surface area contributed by atoms with Crippen molar-refractivity contribution in [3.8, 4) is 11.5 Å². The zero-order chi connectivity index (χ0) is 12.6. The van der Waals surface area contributed by atoms with Gasteiger partial charge in [-0.15, -0.1) is 0 Å². The molecule has 6 heteroatoms. The van der Waals surface area contributed by atoms with Crippen LogP contribution < -0.4 is 9.47 Å². The van der Waals surface area contributed by atoms with Crippen molar-refractivity contribution < 1.29 is 23.8 Å². The average molecular weight is 261 g/mol. The van der Waals surface area contributed by atoms with Gasteiger partial charge in [-0.1, -0.05) is 18.5 Å². The smallest absolute Gasteiger partial charge is 0.306 e. The minimum atomic E-state index is -0.988. The normalized spacial score (nSPS) is 14.8. The van der Waals surface area contributed by atoms with E-state index >= 15 is 0 Å². The highest BCUT2D eigenvalue weighted by Crippen LogP contribution is 2.42. The van der Waals surface area contributed by atoms with Crippen LogP contribution in [0.4, 0.5) is 4.39 Å². The van der Waals surface area contributed by atoms with Crippen LogP contribution in [0.3, 0.4) is 0 Å². The Bertz CT molecular complexity index is 475. The van der Waals surface area contributed by atoms with Crippen LogP contribution in [-0.4, -0.2) is 17.9 Å². The third kappa shape index (κ3) is 2.15. The second-order valence-corrected chi connectivity index (χ2v) is 4.22. The highest BCUT2D eigenvalue weighted by Gasteiger charge is 2.25. The van der Waals surface area contributed by atoms with Gasteiger partial charge in [0.25, 0.3) is 0 Å². The van der Waals surface area contributed by atoms with E-state index in [9.17, 15) is 9.18 Å². The van der Waals surface area contributed by atoms with Gasteiger partial charge in [0, 0.05) is 0 Å². The summed E-state index contributed by atoms with van der Waals surface area (Å²) in [6, 6.07) is 1.43. The molecule has 4 nitrogen and oxygen atoms in total. The van der Waals surface area contributed by atoms with Crippen molar-refractivity contribution in [3.63, 3.8) is 0 Å². The number of aliphatic carboxylic acids is 1. The Balaban J connectivity index is 2.36. The molecule has 0 amide bonds. The first-order valence-corrected chi connectivity index (χ1v) is 5.37. The quantitative estimate of drug-likeness (QED) is 0.907. The van der Waals surface area contributed by atoms with Gasteiger partial charge in [-0.25, -0.2) is 4.39 Å². The van der Waals surface area contributed by atoms with E-state index in [1.807, 2.05) is 0 Å². The number of hydrogen-bond acceptors (Lipinski definition) is 3. The molecular formula is C11H10ClFO4. The number of carboxylic acid groups (broad SMARTS) is 1. The number of rotatable bonds is 3. The summed E-state index contributed by atoms with van der Waals surface area (Å²) in [5.74, 6) is -1.80. The van der Waals surface area contributed by atoms with Gasteiger partial charge < -0.3 is 14.6 Å². The number of fused-ring (bicyclic) bond motifs is 1. The molecule has 17 heavy (non-hydrogen) atoms. The lowest BCUT2D eigenvalue weighted by Crippen LogP contribution is -2.13. The standard InChI is InChI=1S/C11H10ClFO4/c1-5(11(14)15)2-6-3-7-10(17-4-16-7)8(12)9(6)13/h3,5H,2,4H2,1H3,(H,14,15). The lowest BCUT2D eigenvalue weighted by molar-refractivity contribution is -0.141. The largest absolute Gasteiger partial charge is 0.481 e. The molecule has 0 fully saturated rings. The highest BCUT2D eigenvalue weighted by atomic mass is 35.5. The molecule has 1 aliphatic heterocycles. The van der Waals surface area contributed by atoms with Crippen LogP contribution in [0.2, 0.25) is 5.02 Å². The summed E-state index contributed by atoms with van der Waals surface area (Å²) in [5, 5.41) is 8.63. The van der Waals surface area contributed by atoms with Crippen LogP contribution in [0.15, 0.2) is 6.07 Å². The van der Waals surface area contributed by atoms with Crippen LogP contribution in [0.25, 0.3) is 0 Å². The summed E-state index contributed by atoms with van der Waals surface area (Å²) in [4.78, 5) is 10.7. The molecule has 2 rings (SSSR count). The van der Waals surface area contributed by atoms with Crippen LogP contribution in [-0.2, 0) is 11.2 Å². The number of carbonyl (C=O) groups is 1. The molecular weight excluding hydrogens is 251 g/mol. The molecule has 0 saturated heterocycles. The van der Waals surface area contributed by atoms with E-state index in [0.29, 0.717) is 5.75 Å². The fraction of sp³-hybridized carbons (Fsp3) is 0.364. The molecule has 0 aromatic heterocycles. The monoisotopic (exact) mass is 260 g/mol. The maximum Gasteiger partial charge on any atom is 0.306 e. The molecule has 0 bridgehead atoms. The molecule has 1 unspecified atom stereocenters. The van der Waals surface area contributed by atoms with Crippen LogP contribution in [0.1, 0.15) is 12.5 Å². The Morgan fingerprint density at radius 1 is 1.65 bits per heavy atom. The van der Waals surface area contributed by atoms with Gasteiger partial charge in [0.1, 0.15) is 10.8 Å². The predicted molar refractivity (Wildman–Crippen MR) is 58.0 cm³/mol. The fourth-order valence-corrected chi connectivity index (χ4v) is 1.86. The summed E-state index contributed by atoms with van der Waals surface area (Å²) in [5.41, 5.74) is 0.217. The Hall–Kier alpha value is -1.49. The zero-order valence-corrected chi connectivity index (χ0v) is 9.75. The van der Waals surface area contributed by atoms with Crippen molar-refractivity contribution in [1.82, 2.24) is 0 Å². The van der Waals surface area contributed by atoms with Crippen molar-refractivity contribution in [1.29, 1.82) is 0 Å².